The van der Waals surface area contributed by atoms with Crippen LogP contribution in [0.1, 0.15) is 46.6 Å². The van der Waals surface area contributed by atoms with E-state index < -0.39 is 0 Å². The monoisotopic (exact) mass is 354 g/mol. The minimum absolute atomic E-state index is 0.245. The predicted molar refractivity (Wildman–Crippen MR) is 98.0 cm³/mol. The second-order valence-electron chi connectivity index (χ2n) is 6.84. The van der Waals surface area contributed by atoms with Gasteiger partial charge in [-0.05, 0) is 42.4 Å². The molecule has 0 bridgehead atoms. The van der Waals surface area contributed by atoms with Crippen LogP contribution >= 0.6 is 15.9 Å². The van der Waals surface area contributed by atoms with Gasteiger partial charge < -0.3 is 10.6 Å². The molecule has 0 heterocycles. The first-order chi connectivity index (χ1) is 9.83. The van der Waals surface area contributed by atoms with E-state index >= 15 is 0 Å². The molecule has 1 unspecified atom stereocenters. The van der Waals surface area contributed by atoms with Gasteiger partial charge in [0.05, 0.1) is 0 Å². The zero-order valence-corrected chi connectivity index (χ0v) is 15.8. The SMILES string of the molecule is CCC(N)Cc1ccc(N(CC(C)C)CC(C)C)cc1Br. The highest BCUT2D eigenvalue weighted by Gasteiger charge is 2.13. The molecule has 21 heavy (non-hydrogen) atoms. The molecule has 1 aromatic rings. The van der Waals surface area contributed by atoms with Crippen molar-refractivity contribution in [2.75, 3.05) is 18.0 Å². The Balaban J connectivity index is 2.92. The van der Waals surface area contributed by atoms with E-state index in [0.717, 1.165) is 25.9 Å². The van der Waals surface area contributed by atoms with Gasteiger partial charge in [-0.2, -0.15) is 0 Å². The summed E-state index contributed by atoms with van der Waals surface area (Å²) in [6.45, 7) is 13.4. The average Bonchev–Trinajstić information content (AvgIpc) is 2.39. The fraction of sp³-hybridized carbons (Fsp3) is 0.667. The molecule has 0 saturated heterocycles. The molecule has 1 aromatic carbocycles. The van der Waals surface area contributed by atoms with Crippen LogP contribution in [0.2, 0.25) is 0 Å². The molecule has 1 atom stereocenters. The van der Waals surface area contributed by atoms with Gasteiger partial charge in [0.15, 0.2) is 0 Å². The van der Waals surface area contributed by atoms with E-state index in [9.17, 15) is 0 Å². The maximum absolute atomic E-state index is 6.07. The Labute approximate surface area is 139 Å². The molecule has 120 valence electrons. The molecule has 1 rings (SSSR count). The number of anilines is 1. The van der Waals surface area contributed by atoms with Gasteiger partial charge >= 0.3 is 0 Å². The highest BCUT2D eigenvalue weighted by Crippen LogP contribution is 2.26. The largest absolute Gasteiger partial charge is 0.371 e. The summed E-state index contributed by atoms with van der Waals surface area (Å²) in [4.78, 5) is 2.49. The molecule has 0 spiro atoms. The van der Waals surface area contributed by atoms with Crippen LogP contribution in [-0.4, -0.2) is 19.1 Å². The number of halogens is 1. The predicted octanol–water partition coefficient (Wildman–Crippen LogP) is 4.85. The molecule has 0 radical (unpaired) electrons. The summed E-state index contributed by atoms with van der Waals surface area (Å²) in [5.41, 5.74) is 8.68. The summed E-state index contributed by atoms with van der Waals surface area (Å²) < 4.78 is 1.18. The molecule has 2 N–H and O–H groups in total. The highest BCUT2D eigenvalue weighted by molar-refractivity contribution is 9.10. The van der Waals surface area contributed by atoms with E-state index in [0.29, 0.717) is 11.8 Å². The first kappa shape index (κ1) is 18.5. The van der Waals surface area contributed by atoms with Gasteiger partial charge in [-0.3, -0.25) is 0 Å². The lowest BCUT2D eigenvalue weighted by atomic mass is 10.0. The average molecular weight is 355 g/mol. The third-order valence-electron chi connectivity index (χ3n) is 3.58. The smallest absolute Gasteiger partial charge is 0.0377 e. The molecule has 0 aliphatic rings. The van der Waals surface area contributed by atoms with Gasteiger partial charge in [-0.1, -0.05) is 56.6 Å². The second-order valence-corrected chi connectivity index (χ2v) is 7.70. The molecular formula is C18H31BrN2. The zero-order chi connectivity index (χ0) is 16.0. The number of nitrogens with two attached hydrogens (primary N) is 1. The minimum Gasteiger partial charge on any atom is -0.371 e. The maximum Gasteiger partial charge on any atom is 0.0377 e. The third-order valence-corrected chi connectivity index (χ3v) is 4.32. The van der Waals surface area contributed by atoms with Crippen molar-refractivity contribution in [2.24, 2.45) is 17.6 Å². The van der Waals surface area contributed by atoms with Crippen LogP contribution in [0.3, 0.4) is 0 Å². The summed E-state index contributed by atoms with van der Waals surface area (Å²) in [5, 5.41) is 0. The quantitative estimate of drug-likeness (QED) is 0.722. The molecule has 0 aliphatic carbocycles. The number of hydrogen-bond acceptors (Lipinski definition) is 2. The van der Waals surface area contributed by atoms with Crippen molar-refractivity contribution >= 4 is 21.6 Å². The third kappa shape index (κ3) is 6.39. The van der Waals surface area contributed by atoms with Gasteiger partial charge in [0.2, 0.25) is 0 Å². The Morgan fingerprint density at radius 1 is 1.10 bits per heavy atom. The number of benzene rings is 1. The molecule has 0 amide bonds. The number of nitrogens with zero attached hydrogens (tertiary/aromatic N) is 1. The van der Waals surface area contributed by atoms with Crippen LogP contribution in [0.25, 0.3) is 0 Å². The van der Waals surface area contributed by atoms with E-state index in [1.165, 1.54) is 15.7 Å². The topological polar surface area (TPSA) is 29.3 Å². The Bertz CT molecular complexity index is 419. The van der Waals surface area contributed by atoms with Crippen molar-refractivity contribution in [2.45, 2.75) is 53.5 Å². The summed E-state index contributed by atoms with van der Waals surface area (Å²) in [7, 11) is 0. The van der Waals surface area contributed by atoms with Crippen LogP contribution in [0, 0.1) is 11.8 Å². The fourth-order valence-electron chi connectivity index (χ4n) is 2.49. The van der Waals surface area contributed by atoms with Gasteiger partial charge in [0.1, 0.15) is 0 Å². The Morgan fingerprint density at radius 2 is 1.67 bits per heavy atom. The van der Waals surface area contributed by atoms with E-state index in [-0.39, 0.29) is 6.04 Å². The standard InChI is InChI=1S/C18H31BrN2/c1-6-16(20)9-15-7-8-17(10-18(15)19)21(11-13(2)3)12-14(4)5/h7-8,10,13-14,16H,6,9,11-12,20H2,1-5H3. The van der Waals surface area contributed by atoms with Gasteiger partial charge in [0.25, 0.3) is 0 Å². The van der Waals surface area contributed by atoms with Crippen LogP contribution in [0.5, 0.6) is 0 Å². The molecule has 0 fully saturated rings. The van der Waals surface area contributed by atoms with Crippen molar-refractivity contribution in [3.63, 3.8) is 0 Å². The van der Waals surface area contributed by atoms with Crippen LogP contribution in [0.4, 0.5) is 5.69 Å². The van der Waals surface area contributed by atoms with Gasteiger partial charge in [0, 0.05) is 29.3 Å². The lowest BCUT2D eigenvalue weighted by Gasteiger charge is -2.29. The lowest BCUT2D eigenvalue weighted by Crippen LogP contribution is -2.31. The Kier molecular flexibility index (Phi) is 7.75. The first-order valence-corrected chi connectivity index (χ1v) is 8.91. The summed E-state index contributed by atoms with van der Waals surface area (Å²) in [6.07, 6.45) is 1.95. The van der Waals surface area contributed by atoms with Crippen molar-refractivity contribution in [1.82, 2.24) is 0 Å². The highest BCUT2D eigenvalue weighted by atomic mass is 79.9. The fourth-order valence-corrected chi connectivity index (χ4v) is 3.02. The minimum atomic E-state index is 0.245. The number of hydrogen-bond donors (Lipinski definition) is 1. The zero-order valence-electron chi connectivity index (χ0n) is 14.2. The van der Waals surface area contributed by atoms with Gasteiger partial charge in [-0.15, -0.1) is 0 Å². The van der Waals surface area contributed by atoms with E-state index in [1.807, 2.05) is 0 Å². The van der Waals surface area contributed by atoms with Crippen molar-refractivity contribution in [3.05, 3.63) is 28.2 Å². The van der Waals surface area contributed by atoms with Crippen LogP contribution < -0.4 is 10.6 Å². The Morgan fingerprint density at radius 3 is 2.10 bits per heavy atom. The molecular weight excluding hydrogens is 324 g/mol. The molecule has 0 saturated carbocycles. The molecule has 0 aromatic heterocycles. The van der Waals surface area contributed by atoms with Crippen molar-refractivity contribution in [1.29, 1.82) is 0 Å². The van der Waals surface area contributed by atoms with Crippen molar-refractivity contribution < 1.29 is 0 Å². The van der Waals surface area contributed by atoms with Crippen molar-refractivity contribution in [3.8, 4) is 0 Å². The Hall–Kier alpha value is -0.540. The van der Waals surface area contributed by atoms with E-state index in [1.54, 1.807) is 0 Å². The normalized spacial score (nSPS) is 13.0. The maximum atomic E-state index is 6.07. The first-order valence-electron chi connectivity index (χ1n) is 8.12. The lowest BCUT2D eigenvalue weighted by molar-refractivity contribution is 0.552. The van der Waals surface area contributed by atoms with Crippen LogP contribution in [-0.2, 0) is 6.42 Å². The summed E-state index contributed by atoms with van der Waals surface area (Å²) >= 11 is 3.72. The molecule has 0 aliphatic heterocycles. The summed E-state index contributed by atoms with van der Waals surface area (Å²) in [5.74, 6) is 1.33. The van der Waals surface area contributed by atoms with E-state index in [4.69, 9.17) is 5.73 Å². The second kappa shape index (κ2) is 8.79. The molecule has 3 heteroatoms. The molecule has 2 nitrogen and oxygen atoms in total. The number of rotatable bonds is 8. The summed E-state index contributed by atoms with van der Waals surface area (Å²) in [6, 6.07) is 6.97. The van der Waals surface area contributed by atoms with Crippen LogP contribution in [0.15, 0.2) is 22.7 Å². The van der Waals surface area contributed by atoms with E-state index in [2.05, 4.69) is 73.6 Å². The van der Waals surface area contributed by atoms with Gasteiger partial charge in [-0.25, -0.2) is 0 Å².